The zero-order valence-electron chi connectivity index (χ0n) is 17.7. The number of para-hydroxylation sites is 2. The summed E-state index contributed by atoms with van der Waals surface area (Å²) in [5.41, 5.74) is 2.28. The largest absolute Gasteiger partial charge is 0.352 e. The number of carbonyl (C=O) groups excluding carboxylic acids is 1. The Morgan fingerprint density at radius 2 is 1.71 bits per heavy atom. The number of nitriles is 1. The number of amides is 1. The van der Waals surface area contributed by atoms with Crippen LogP contribution < -0.4 is 10.6 Å². The van der Waals surface area contributed by atoms with Gasteiger partial charge in [-0.3, -0.25) is 13.9 Å². The molecule has 0 radical (unpaired) electrons. The Morgan fingerprint density at radius 1 is 1.03 bits per heavy atom. The molecule has 8 heteroatoms. The van der Waals surface area contributed by atoms with Crippen LogP contribution in [0.15, 0.2) is 47.4 Å². The number of rotatable bonds is 6. The molecule has 2 aromatic heterocycles. The van der Waals surface area contributed by atoms with E-state index in [1.165, 1.54) is 0 Å². The van der Waals surface area contributed by atoms with E-state index in [1.54, 1.807) is 27.5 Å². The fourth-order valence-corrected chi connectivity index (χ4v) is 4.20. The highest BCUT2D eigenvalue weighted by Gasteiger charge is 2.23. The summed E-state index contributed by atoms with van der Waals surface area (Å²) in [7, 11) is 0. The highest BCUT2D eigenvalue weighted by molar-refractivity contribution is 5.78. The second-order valence-electron chi connectivity index (χ2n) is 7.68. The van der Waals surface area contributed by atoms with Crippen molar-refractivity contribution >= 4 is 22.8 Å². The molecule has 0 saturated carbocycles. The number of aryl methyl sites for hydroxylation is 2. The number of benzene rings is 1. The van der Waals surface area contributed by atoms with Gasteiger partial charge in [0.2, 0.25) is 5.91 Å². The average Bonchev–Trinajstić information content (AvgIpc) is 3.08. The first-order valence-corrected chi connectivity index (χ1v) is 10.7. The van der Waals surface area contributed by atoms with Gasteiger partial charge in [-0.25, -0.2) is 9.78 Å². The summed E-state index contributed by atoms with van der Waals surface area (Å²) >= 11 is 0. The molecule has 1 saturated heterocycles. The van der Waals surface area contributed by atoms with Gasteiger partial charge in [0.05, 0.1) is 16.6 Å². The molecule has 1 aromatic carbocycles. The molecule has 160 valence electrons. The maximum atomic E-state index is 12.9. The summed E-state index contributed by atoms with van der Waals surface area (Å²) in [4.78, 5) is 33.9. The third kappa shape index (κ3) is 4.04. The number of anilines is 1. The lowest BCUT2D eigenvalue weighted by molar-refractivity contribution is -0.131. The standard InChI is InChI=1S/C23H26N6O2/c1-2-11-28-19-7-3-4-8-20(19)29(23(28)31)12-9-21(30)26-13-15-27(16-14-26)22-18(17-24)6-5-10-25-22/h3-8,10H,2,9,11-16H2,1H3. The summed E-state index contributed by atoms with van der Waals surface area (Å²) in [6.07, 6.45) is 2.84. The molecule has 0 bridgehead atoms. The molecule has 1 fully saturated rings. The molecule has 0 aliphatic carbocycles. The van der Waals surface area contributed by atoms with E-state index in [2.05, 4.69) is 11.1 Å². The predicted octanol–water partition coefficient (Wildman–Crippen LogP) is 2.22. The summed E-state index contributed by atoms with van der Waals surface area (Å²) in [6.45, 7) is 5.50. The maximum Gasteiger partial charge on any atom is 0.329 e. The van der Waals surface area contributed by atoms with Gasteiger partial charge in [-0.1, -0.05) is 19.1 Å². The van der Waals surface area contributed by atoms with Crippen molar-refractivity contribution in [2.45, 2.75) is 32.9 Å². The molecule has 0 atom stereocenters. The molecule has 1 aliphatic rings. The molecule has 4 rings (SSSR count). The van der Waals surface area contributed by atoms with Gasteiger partial charge in [0.25, 0.3) is 0 Å². The Kier molecular flexibility index (Phi) is 6.03. The molecule has 3 aromatic rings. The van der Waals surface area contributed by atoms with E-state index >= 15 is 0 Å². The first-order valence-electron chi connectivity index (χ1n) is 10.7. The van der Waals surface area contributed by atoms with Crippen LogP contribution in [0.4, 0.5) is 5.82 Å². The molecule has 3 heterocycles. The number of pyridine rings is 1. The average molecular weight is 419 g/mol. The minimum atomic E-state index is -0.0557. The molecule has 31 heavy (non-hydrogen) atoms. The Bertz CT molecular complexity index is 1180. The minimum Gasteiger partial charge on any atom is -0.352 e. The van der Waals surface area contributed by atoms with Crippen LogP contribution in [-0.4, -0.2) is 51.1 Å². The van der Waals surface area contributed by atoms with Gasteiger partial charge in [0, 0.05) is 51.9 Å². The molecular formula is C23H26N6O2. The van der Waals surface area contributed by atoms with Gasteiger partial charge in [0.15, 0.2) is 0 Å². The van der Waals surface area contributed by atoms with Crippen molar-refractivity contribution in [2.75, 3.05) is 31.1 Å². The maximum absolute atomic E-state index is 12.9. The van der Waals surface area contributed by atoms with Crippen LogP contribution in [0.5, 0.6) is 0 Å². The number of hydrogen-bond acceptors (Lipinski definition) is 5. The molecule has 1 amide bonds. The SMILES string of the molecule is CCCn1c(=O)n(CCC(=O)N2CCN(c3ncccc3C#N)CC2)c2ccccc21. The lowest BCUT2D eigenvalue weighted by Crippen LogP contribution is -2.49. The van der Waals surface area contributed by atoms with Crippen LogP contribution in [0.2, 0.25) is 0 Å². The van der Waals surface area contributed by atoms with Crippen molar-refractivity contribution in [2.24, 2.45) is 0 Å². The van der Waals surface area contributed by atoms with Crippen LogP contribution in [0, 0.1) is 11.3 Å². The third-order valence-corrected chi connectivity index (χ3v) is 5.76. The summed E-state index contributed by atoms with van der Waals surface area (Å²) in [5.74, 6) is 0.716. The van der Waals surface area contributed by atoms with Crippen molar-refractivity contribution in [3.63, 3.8) is 0 Å². The van der Waals surface area contributed by atoms with Crippen molar-refractivity contribution < 1.29 is 4.79 Å². The van der Waals surface area contributed by atoms with Gasteiger partial charge in [-0.2, -0.15) is 5.26 Å². The van der Waals surface area contributed by atoms with Crippen LogP contribution in [0.1, 0.15) is 25.3 Å². The van der Waals surface area contributed by atoms with Crippen molar-refractivity contribution in [1.29, 1.82) is 5.26 Å². The molecule has 0 unspecified atom stereocenters. The van der Waals surface area contributed by atoms with Crippen molar-refractivity contribution in [3.05, 3.63) is 58.6 Å². The predicted molar refractivity (Wildman–Crippen MR) is 119 cm³/mol. The number of carbonyl (C=O) groups is 1. The highest BCUT2D eigenvalue weighted by atomic mass is 16.2. The highest BCUT2D eigenvalue weighted by Crippen LogP contribution is 2.19. The first kappa shape index (κ1) is 20.7. The Hall–Kier alpha value is -3.60. The van der Waals surface area contributed by atoms with E-state index in [0.717, 1.165) is 17.5 Å². The normalized spacial score (nSPS) is 14.1. The molecule has 8 nitrogen and oxygen atoms in total. The molecular weight excluding hydrogens is 392 g/mol. The van der Waals surface area contributed by atoms with Gasteiger partial charge in [-0.15, -0.1) is 0 Å². The number of piperazine rings is 1. The van der Waals surface area contributed by atoms with Crippen molar-refractivity contribution in [1.82, 2.24) is 19.0 Å². The number of aromatic nitrogens is 3. The molecule has 0 spiro atoms. The lowest BCUT2D eigenvalue weighted by Gasteiger charge is -2.35. The summed E-state index contributed by atoms with van der Waals surface area (Å²) in [6, 6.07) is 13.4. The van der Waals surface area contributed by atoms with Crippen molar-refractivity contribution in [3.8, 4) is 6.07 Å². The van der Waals surface area contributed by atoms with E-state index in [9.17, 15) is 14.9 Å². The van der Waals surface area contributed by atoms with Crippen LogP contribution in [-0.2, 0) is 17.9 Å². The van der Waals surface area contributed by atoms with E-state index in [-0.39, 0.29) is 18.0 Å². The van der Waals surface area contributed by atoms with Gasteiger partial charge in [0.1, 0.15) is 11.9 Å². The van der Waals surface area contributed by atoms with Gasteiger partial charge >= 0.3 is 5.69 Å². The number of fused-ring (bicyclic) bond motifs is 1. The minimum absolute atomic E-state index is 0.0420. The van der Waals surface area contributed by atoms with E-state index in [1.807, 2.05) is 41.0 Å². The Balaban J connectivity index is 1.41. The second-order valence-corrected chi connectivity index (χ2v) is 7.68. The van der Waals surface area contributed by atoms with E-state index < -0.39 is 0 Å². The van der Waals surface area contributed by atoms with E-state index in [0.29, 0.717) is 50.6 Å². The Morgan fingerprint density at radius 3 is 2.35 bits per heavy atom. The summed E-state index contributed by atoms with van der Waals surface area (Å²) < 4.78 is 3.50. The number of hydrogen-bond donors (Lipinski definition) is 0. The lowest BCUT2D eigenvalue weighted by atomic mass is 10.2. The van der Waals surface area contributed by atoms with Gasteiger partial charge in [-0.05, 0) is 30.7 Å². The topological polar surface area (TPSA) is 87.2 Å². The fourth-order valence-electron chi connectivity index (χ4n) is 4.20. The van der Waals surface area contributed by atoms with Gasteiger partial charge < -0.3 is 9.80 Å². The van der Waals surface area contributed by atoms with E-state index in [4.69, 9.17) is 0 Å². The smallest absolute Gasteiger partial charge is 0.329 e. The summed E-state index contributed by atoms with van der Waals surface area (Å²) in [5, 5.41) is 9.29. The number of imidazole rings is 1. The van der Waals surface area contributed by atoms with Crippen LogP contribution in [0.3, 0.4) is 0 Å². The zero-order chi connectivity index (χ0) is 21.8. The fraction of sp³-hybridized carbons (Fsp3) is 0.391. The van der Waals surface area contributed by atoms with Crippen LogP contribution in [0.25, 0.3) is 11.0 Å². The first-order chi connectivity index (χ1) is 15.1. The number of nitrogens with zero attached hydrogens (tertiary/aromatic N) is 6. The quantitative estimate of drug-likeness (QED) is 0.613. The zero-order valence-corrected chi connectivity index (χ0v) is 17.7. The monoisotopic (exact) mass is 418 g/mol. The third-order valence-electron chi connectivity index (χ3n) is 5.76. The second kappa shape index (κ2) is 9.04. The Labute approximate surface area is 180 Å². The van der Waals surface area contributed by atoms with Crippen LogP contribution >= 0.6 is 0 Å². The molecule has 0 N–H and O–H groups in total. The molecule has 1 aliphatic heterocycles.